The summed E-state index contributed by atoms with van der Waals surface area (Å²) in [5.41, 5.74) is 0.193. The second-order valence-corrected chi connectivity index (χ2v) is 4.49. The quantitative estimate of drug-likeness (QED) is 0.801. The smallest absolute Gasteiger partial charge is 0.337 e. The van der Waals surface area contributed by atoms with Crippen molar-refractivity contribution in [2.45, 2.75) is 19.4 Å². The molecule has 0 saturated carbocycles. The van der Waals surface area contributed by atoms with Crippen LogP contribution in [0.3, 0.4) is 0 Å². The SMILES string of the molecule is C[C@H]1CN(c2ccc(C(=O)O)cn2)CC[C@H]1O. The lowest BCUT2D eigenvalue weighted by atomic mass is 9.97. The first kappa shape index (κ1) is 11.9. The number of rotatable bonds is 2. The fraction of sp³-hybridized carbons (Fsp3) is 0.500. The molecule has 92 valence electrons. The molecule has 1 fully saturated rings. The van der Waals surface area contributed by atoms with E-state index in [0.717, 1.165) is 25.3 Å². The predicted molar refractivity (Wildman–Crippen MR) is 63.2 cm³/mol. The molecule has 2 atom stereocenters. The van der Waals surface area contributed by atoms with Crippen LogP contribution in [0.2, 0.25) is 0 Å². The molecule has 0 amide bonds. The first-order valence-electron chi connectivity index (χ1n) is 5.70. The van der Waals surface area contributed by atoms with Crippen LogP contribution in [0.25, 0.3) is 0 Å². The van der Waals surface area contributed by atoms with Crippen molar-refractivity contribution in [1.29, 1.82) is 0 Å². The number of nitrogens with zero attached hydrogens (tertiary/aromatic N) is 2. The normalized spacial score (nSPS) is 24.7. The van der Waals surface area contributed by atoms with Crippen molar-refractivity contribution in [3.05, 3.63) is 23.9 Å². The summed E-state index contributed by atoms with van der Waals surface area (Å²) < 4.78 is 0. The van der Waals surface area contributed by atoms with Gasteiger partial charge in [0.15, 0.2) is 0 Å². The number of pyridine rings is 1. The third-order valence-electron chi connectivity index (χ3n) is 3.18. The minimum absolute atomic E-state index is 0.193. The number of carboxylic acid groups (broad SMARTS) is 1. The van der Waals surface area contributed by atoms with Crippen LogP contribution in [-0.4, -0.2) is 40.4 Å². The zero-order valence-corrected chi connectivity index (χ0v) is 9.71. The van der Waals surface area contributed by atoms with E-state index in [2.05, 4.69) is 9.88 Å². The number of carbonyl (C=O) groups is 1. The molecule has 0 bridgehead atoms. The van der Waals surface area contributed by atoms with Gasteiger partial charge in [0.2, 0.25) is 0 Å². The van der Waals surface area contributed by atoms with E-state index in [1.165, 1.54) is 6.20 Å². The summed E-state index contributed by atoms with van der Waals surface area (Å²) in [4.78, 5) is 16.9. The Labute approximate surface area is 99.7 Å². The van der Waals surface area contributed by atoms with Crippen LogP contribution in [0.4, 0.5) is 5.82 Å². The molecule has 5 heteroatoms. The molecule has 0 aromatic carbocycles. The number of hydrogen-bond donors (Lipinski definition) is 2. The van der Waals surface area contributed by atoms with Gasteiger partial charge in [-0.25, -0.2) is 9.78 Å². The van der Waals surface area contributed by atoms with Crippen LogP contribution >= 0.6 is 0 Å². The highest BCUT2D eigenvalue weighted by Crippen LogP contribution is 2.21. The lowest BCUT2D eigenvalue weighted by Crippen LogP contribution is -2.42. The van der Waals surface area contributed by atoms with E-state index in [9.17, 15) is 9.90 Å². The van der Waals surface area contributed by atoms with E-state index in [-0.39, 0.29) is 17.6 Å². The van der Waals surface area contributed by atoms with Gasteiger partial charge in [-0.1, -0.05) is 6.92 Å². The van der Waals surface area contributed by atoms with E-state index in [1.54, 1.807) is 12.1 Å². The van der Waals surface area contributed by atoms with Gasteiger partial charge in [0.25, 0.3) is 0 Å². The number of anilines is 1. The van der Waals surface area contributed by atoms with E-state index in [1.807, 2.05) is 6.92 Å². The van der Waals surface area contributed by atoms with Gasteiger partial charge in [0, 0.05) is 19.3 Å². The molecule has 0 radical (unpaired) electrons. The van der Waals surface area contributed by atoms with Crippen molar-refractivity contribution in [3.8, 4) is 0 Å². The van der Waals surface area contributed by atoms with Crippen LogP contribution in [0.15, 0.2) is 18.3 Å². The molecule has 1 aromatic rings. The van der Waals surface area contributed by atoms with Crippen molar-refractivity contribution in [2.75, 3.05) is 18.0 Å². The zero-order valence-electron chi connectivity index (χ0n) is 9.71. The summed E-state index contributed by atoms with van der Waals surface area (Å²) in [6.07, 6.45) is 1.85. The van der Waals surface area contributed by atoms with E-state index >= 15 is 0 Å². The maximum absolute atomic E-state index is 10.7. The Morgan fingerprint density at radius 1 is 1.53 bits per heavy atom. The highest BCUT2D eigenvalue weighted by molar-refractivity contribution is 5.87. The minimum Gasteiger partial charge on any atom is -0.478 e. The standard InChI is InChI=1S/C12H16N2O3/c1-8-7-14(5-4-10(8)15)11-3-2-9(6-13-11)12(16)17/h2-3,6,8,10,15H,4-5,7H2,1H3,(H,16,17)/t8-,10+/m0/s1. The maximum atomic E-state index is 10.7. The number of carboxylic acids is 1. The molecule has 0 spiro atoms. The Hall–Kier alpha value is -1.62. The summed E-state index contributed by atoms with van der Waals surface area (Å²) in [6, 6.07) is 3.27. The largest absolute Gasteiger partial charge is 0.478 e. The molecule has 5 nitrogen and oxygen atoms in total. The molecule has 0 aliphatic carbocycles. The Balaban J connectivity index is 2.10. The van der Waals surface area contributed by atoms with Gasteiger partial charge in [-0.05, 0) is 24.5 Å². The van der Waals surface area contributed by atoms with E-state index in [4.69, 9.17) is 5.11 Å². The Kier molecular flexibility index (Phi) is 3.28. The van der Waals surface area contributed by atoms with Crippen molar-refractivity contribution in [2.24, 2.45) is 5.92 Å². The van der Waals surface area contributed by atoms with Crippen LogP contribution in [0, 0.1) is 5.92 Å². The van der Waals surface area contributed by atoms with Gasteiger partial charge in [0.1, 0.15) is 5.82 Å². The fourth-order valence-corrected chi connectivity index (χ4v) is 2.04. The number of aliphatic hydroxyl groups excluding tert-OH is 1. The first-order valence-corrected chi connectivity index (χ1v) is 5.70. The number of aromatic nitrogens is 1. The predicted octanol–water partition coefficient (Wildman–Crippen LogP) is 0.987. The van der Waals surface area contributed by atoms with Gasteiger partial charge in [0.05, 0.1) is 11.7 Å². The maximum Gasteiger partial charge on any atom is 0.337 e. The van der Waals surface area contributed by atoms with Crippen molar-refractivity contribution < 1.29 is 15.0 Å². The summed E-state index contributed by atoms with van der Waals surface area (Å²) in [5, 5.41) is 18.4. The molecular formula is C12H16N2O3. The van der Waals surface area contributed by atoms with E-state index < -0.39 is 5.97 Å². The van der Waals surface area contributed by atoms with Crippen molar-refractivity contribution in [3.63, 3.8) is 0 Å². The van der Waals surface area contributed by atoms with Gasteiger partial charge in [-0.3, -0.25) is 0 Å². The number of piperidine rings is 1. The second kappa shape index (κ2) is 4.71. The molecule has 2 rings (SSSR count). The van der Waals surface area contributed by atoms with Gasteiger partial charge in [-0.15, -0.1) is 0 Å². The molecule has 1 aromatic heterocycles. The number of aromatic carboxylic acids is 1. The van der Waals surface area contributed by atoms with Crippen LogP contribution in [-0.2, 0) is 0 Å². The topological polar surface area (TPSA) is 73.7 Å². The Morgan fingerprint density at radius 2 is 2.29 bits per heavy atom. The first-order chi connectivity index (χ1) is 8.08. The van der Waals surface area contributed by atoms with Gasteiger partial charge < -0.3 is 15.1 Å². The lowest BCUT2D eigenvalue weighted by molar-refractivity contribution is 0.0696. The summed E-state index contributed by atoms with van der Waals surface area (Å²) in [6.45, 7) is 3.51. The number of aliphatic hydroxyl groups is 1. The fourth-order valence-electron chi connectivity index (χ4n) is 2.04. The number of hydrogen-bond acceptors (Lipinski definition) is 4. The average Bonchev–Trinajstić information content (AvgIpc) is 2.33. The molecule has 17 heavy (non-hydrogen) atoms. The van der Waals surface area contributed by atoms with Gasteiger partial charge in [-0.2, -0.15) is 0 Å². The second-order valence-electron chi connectivity index (χ2n) is 4.49. The lowest BCUT2D eigenvalue weighted by Gasteiger charge is -2.35. The van der Waals surface area contributed by atoms with E-state index in [0.29, 0.717) is 0 Å². The average molecular weight is 236 g/mol. The van der Waals surface area contributed by atoms with Crippen molar-refractivity contribution >= 4 is 11.8 Å². The Morgan fingerprint density at radius 3 is 2.82 bits per heavy atom. The summed E-state index contributed by atoms with van der Waals surface area (Å²) in [7, 11) is 0. The molecule has 1 saturated heterocycles. The molecule has 1 aliphatic heterocycles. The molecular weight excluding hydrogens is 220 g/mol. The summed E-state index contributed by atoms with van der Waals surface area (Å²) in [5.74, 6) is 0.0185. The minimum atomic E-state index is -0.966. The molecule has 2 heterocycles. The van der Waals surface area contributed by atoms with Crippen LogP contribution in [0.1, 0.15) is 23.7 Å². The molecule has 1 aliphatic rings. The van der Waals surface area contributed by atoms with Crippen LogP contribution < -0.4 is 4.90 Å². The van der Waals surface area contributed by atoms with Crippen LogP contribution in [0.5, 0.6) is 0 Å². The highest BCUT2D eigenvalue weighted by atomic mass is 16.4. The molecule has 2 N–H and O–H groups in total. The highest BCUT2D eigenvalue weighted by Gasteiger charge is 2.24. The third-order valence-corrected chi connectivity index (χ3v) is 3.18. The Bertz CT molecular complexity index is 405. The van der Waals surface area contributed by atoms with Crippen molar-refractivity contribution in [1.82, 2.24) is 4.98 Å². The molecule has 0 unspecified atom stereocenters. The third kappa shape index (κ3) is 2.55. The van der Waals surface area contributed by atoms with Gasteiger partial charge >= 0.3 is 5.97 Å². The summed E-state index contributed by atoms with van der Waals surface area (Å²) >= 11 is 0. The zero-order chi connectivity index (χ0) is 12.4. The monoisotopic (exact) mass is 236 g/mol.